The Bertz CT molecular complexity index is 341. The number of hydrogen-bond donors (Lipinski definition) is 0. The third-order valence-electron chi connectivity index (χ3n) is 1.20. The smallest absolute Gasteiger partial charge is 0.336 e. The first-order chi connectivity index (χ1) is 5.84. The minimum Gasteiger partial charge on any atom is -0.423 e. The second-order valence-electron chi connectivity index (χ2n) is 2.04. The van der Waals surface area contributed by atoms with Crippen LogP contribution in [0.15, 0.2) is 39.3 Å². The molecule has 0 bridgehead atoms. The number of hydrogen-bond acceptors (Lipinski definition) is 4. The third-order valence-corrected chi connectivity index (χ3v) is 3.86. The van der Waals surface area contributed by atoms with Crippen LogP contribution < -0.4 is 0 Å². The van der Waals surface area contributed by atoms with Gasteiger partial charge in [0.25, 0.3) is 0 Å². The van der Waals surface area contributed by atoms with Crippen molar-refractivity contribution in [3.63, 3.8) is 0 Å². The van der Waals surface area contributed by atoms with E-state index in [0.29, 0.717) is 5.76 Å². The lowest BCUT2D eigenvalue weighted by molar-refractivity contribution is -0.132. The van der Waals surface area contributed by atoms with Crippen molar-refractivity contribution in [2.24, 2.45) is 4.36 Å². The van der Waals surface area contributed by atoms with Gasteiger partial charge in [0.2, 0.25) is 0 Å². The van der Waals surface area contributed by atoms with Gasteiger partial charge in [-0.15, -0.1) is 0 Å². The zero-order chi connectivity index (χ0) is 8.39. The second kappa shape index (κ2) is 3.28. The summed E-state index contributed by atoms with van der Waals surface area (Å²) < 4.78 is 8.97. The highest BCUT2D eigenvalue weighted by Crippen LogP contribution is 2.23. The van der Waals surface area contributed by atoms with Crippen molar-refractivity contribution in [1.29, 1.82) is 0 Å². The summed E-state index contributed by atoms with van der Waals surface area (Å²) in [6.45, 7) is 0. The number of rotatable bonds is 1. The maximum absolute atomic E-state index is 10.6. The molecule has 3 nitrogen and oxygen atoms in total. The summed E-state index contributed by atoms with van der Waals surface area (Å²) >= 11 is 0. The zero-order valence-electron chi connectivity index (χ0n) is 5.97. The molecule has 62 valence electrons. The number of cyclic esters (lactones) is 1. The number of carbonyl (C=O) groups excluding carboxylic acids is 1. The van der Waals surface area contributed by atoms with E-state index in [1.165, 1.54) is 6.08 Å². The van der Waals surface area contributed by atoms with Gasteiger partial charge < -0.3 is 4.74 Å². The average molecular weight is 199 g/mol. The van der Waals surface area contributed by atoms with E-state index in [9.17, 15) is 4.79 Å². The normalized spacial score (nSPS) is 29.5. The number of nitrogens with zero attached hydrogens (tertiary/aromatic N) is 1. The van der Waals surface area contributed by atoms with E-state index in [4.69, 9.17) is 4.74 Å². The monoisotopic (exact) mass is 199 g/mol. The number of allylic oxidation sites excluding steroid dienone is 1. The van der Waals surface area contributed by atoms with E-state index in [1.807, 2.05) is 10.8 Å². The summed E-state index contributed by atoms with van der Waals surface area (Å²) in [6, 6.07) is 0. The Balaban J connectivity index is 2.10. The van der Waals surface area contributed by atoms with Crippen LogP contribution in [0.4, 0.5) is 0 Å². The summed E-state index contributed by atoms with van der Waals surface area (Å²) in [6.07, 6.45) is 4.82. The number of carbonyl (C=O) groups is 1. The fourth-order valence-electron chi connectivity index (χ4n) is 0.747. The fraction of sp³-hybridized carbons (Fsp3) is 0. The van der Waals surface area contributed by atoms with Crippen molar-refractivity contribution in [2.75, 3.05) is 0 Å². The summed E-state index contributed by atoms with van der Waals surface area (Å²) in [5.74, 6) is 0.297. The Labute approximate surface area is 75.7 Å². The number of ether oxygens (including phenoxy) is 1. The van der Waals surface area contributed by atoms with Crippen molar-refractivity contribution in [1.82, 2.24) is 0 Å². The summed E-state index contributed by atoms with van der Waals surface area (Å²) in [5, 5.41) is 3.76. The minimum absolute atomic E-state index is 0.192. The lowest BCUT2D eigenvalue weighted by atomic mass is 10.5. The molecule has 0 saturated carbocycles. The molecule has 0 spiro atoms. The van der Waals surface area contributed by atoms with Gasteiger partial charge in [-0.2, -0.15) is 0 Å². The fourth-order valence-corrected chi connectivity index (χ4v) is 2.96. The SMILES string of the molecule is O=C1C=CC(=CS2=NC=CS2)O1. The molecule has 2 rings (SSSR count). The van der Waals surface area contributed by atoms with Gasteiger partial charge in [-0.05, 0) is 26.6 Å². The highest BCUT2D eigenvalue weighted by atomic mass is 33.1. The van der Waals surface area contributed by atoms with Crippen molar-refractivity contribution in [2.45, 2.75) is 0 Å². The average Bonchev–Trinajstić information content (AvgIpc) is 2.63. The molecular formula is C7H5NO2S2. The molecule has 12 heavy (non-hydrogen) atoms. The number of esters is 1. The quantitative estimate of drug-likeness (QED) is 0.478. The molecule has 1 unspecified atom stereocenters. The standard InChI is InChI=1S/C7H5NO2S2/c9-7-2-1-6(10-7)5-12-8-3-4-11-12/h1-5H. The van der Waals surface area contributed by atoms with Gasteiger partial charge in [-0.3, -0.25) is 0 Å². The van der Waals surface area contributed by atoms with Crippen molar-refractivity contribution in [3.8, 4) is 0 Å². The Morgan fingerprint density at radius 3 is 3.08 bits per heavy atom. The Kier molecular flexibility index (Phi) is 2.14. The highest BCUT2D eigenvalue weighted by Gasteiger charge is 2.10. The van der Waals surface area contributed by atoms with Crippen LogP contribution in [0.1, 0.15) is 0 Å². The molecule has 0 aromatic rings. The third kappa shape index (κ3) is 1.67. The molecule has 0 saturated heterocycles. The van der Waals surface area contributed by atoms with E-state index in [0.717, 1.165) is 0 Å². The predicted octanol–water partition coefficient (Wildman–Crippen LogP) is 1.88. The van der Waals surface area contributed by atoms with Gasteiger partial charge >= 0.3 is 5.97 Å². The topological polar surface area (TPSA) is 38.7 Å². The van der Waals surface area contributed by atoms with Crippen LogP contribution in [0, 0.1) is 0 Å². The maximum atomic E-state index is 10.6. The molecular weight excluding hydrogens is 194 g/mol. The van der Waals surface area contributed by atoms with Gasteiger partial charge in [0.05, 0.1) is 0 Å². The van der Waals surface area contributed by atoms with Crippen LogP contribution in [0.25, 0.3) is 0 Å². The first-order valence-corrected chi connectivity index (χ1v) is 5.87. The van der Waals surface area contributed by atoms with Crippen molar-refractivity contribution in [3.05, 3.63) is 34.9 Å². The Morgan fingerprint density at radius 2 is 2.50 bits per heavy atom. The largest absolute Gasteiger partial charge is 0.423 e. The van der Waals surface area contributed by atoms with E-state index in [2.05, 4.69) is 4.36 Å². The molecule has 1 atom stereocenters. The first-order valence-electron chi connectivity index (χ1n) is 3.22. The molecule has 2 heterocycles. The maximum Gasteiger partial charge on any atom is 0.336 e. The summed E-state index contributed by atoms with van der Waals surface area (Å²) in [7, 11) is 1.42. The Morgan fingerprint density at radius 1 is 1.58 bits per heavy atom. The molecule has 2 aliphatic rings. The molecule has 0 N–H and O–H groups in total. The molecule has 0 amide bonds. The van der Waals surface area contributed by atoms with Crippen LogP contribution in [0.2, 0.25) is 0 Å². The van der Waals surface area contributed by atoms with E-state index >= 15 is 0 Å². The summed E-state index contributed by atoms with van der Waals surface area (Å²) in [4.78, 5) is 10.6. The van der Waals surface area contributed by atoms with Crippen LogP contribution in [-0.2, 0) is 19.3 Å². The molecule has 0 aromatic carbocycles. The molecule has 5 heteroatoms. The predicted molar refractivity (Wildman–Crippen MR) is 49.8 cm³/mol. The van der Waals surface area contributed by atoms with Crippen LogP contribution in [-0.4, -0.2) is 5.97 Å². The van der Waals surface area contributed by atoms with E-state index in [-0.39, 0.29) is 15.7 Å². The highest BCUT2D eigenvalue weighted by molar-refractivity contribution is 8.72. The summed E-state index contributed by atoms with van der Waals surface area (Å²) in [5.41, 5.74) is 0. The van der Waals surface area contributed by atoms with E-state index < -0.39 is 0 Å². The van der Waals surface area contributed by atoms with Gasteiger partial charge in [0.15, 0.2) is 0 Å². The first kappa shape index (κ1) is 7.82. The van der Waals surface area contributed by atoms with Gasteiger partial charge in [-0.25, -0.2) is 9.16 Å². The molecule has 0 aromatic heterocycles. The minimum atomic E-state index is -0.304. The zero-order valence-corrected chi connectivity index (χ0v) is 7.60. The molecule has 2 aliphatic heterocycles. The van der Waals surface area contributed by atoms with Gasteiger partial charge in [0, 0.05) is 23.1 Å². The van der Waals surface area contributed by atoms with Gasteiger partial charge in [0.1, 0.15) is 5.76 Å². The molecule has 0 radical (unpaired) electrons. The van der Waals surface area contributed by atoms with Gasteiger partial charge in [-0.1, -0.05) is 0 Å². The Hall–Kier alpha value is -0.810. The van der Waals surface area contributed by atoms with Crippen LogP contribution in [0.3, 0.4) is 0 Å². The molecule has 0 aliphatic carbocycles. The van der Waals surface area contributed by atoms with Crippen molar-refractivity contribution >= 4 is 26.5 Å². The lowest BCUT2D eigenvalue weighted by Gasteiger charge is -1.94. The molecule has 0 fully saturated rings. The van der Waals surface area contributed by atoms with E-state index in [1.54, 1.807) is 23.1 Å². The van der Waals surface area contributed by atoms with Crippen LogP contribution in [0.5, 0.6) is 0 Å². The lowest BCUT2D eigenvalue weighted by Crippen LogP contribution is -1.90. The second-order valence-corrected chi connectivity index (χ2v) is 5.10. The van der Waals surface area contributed by atoms with Crippen LogP contribution >= 0.6 is 10.8 Å². The van der Waals surface area contributed by atoms with Crippen molar-refractivity contribution < 1.29 is 9.53 Å².